The van der Waals surface area contributed by atoms with Crippen LogP contribution in [0, 0.1) is 11.8 Å². The molecule has 0 saturated carbocycles. The third-order valence-corrected chi connectivity index (χ3v) is 7.71. The summed E-state index contributed by atoms with van der Waals surface area (Å²) >= 11 is 37.0. The van der Waals surface area contributed by atoms with Crippen molar-refractivity contribution in [3.8, 4) is 0 Å². The fourth-order valence-corrected chi connectivity index (χ4v) is 3.57. The number of hydrogen-bond acceptors (Lipinski definition) is 4. The number of likely N-dealkylation sites (N-methyl/N-ethyl adjacent to an activating group) is 1. The molecule has 1 aromatic heterocycles. The predicted molar refractivity (Wildman–Crippen MR) is 123 cm³/mol. The number of alkyl halides is 6. The maximum atomic E-state index is 13.0. The van der Waals surface area contributed by atoms with Gasteiger partial charge in [0.05, 0.1) is 6.04 Å². The second kappa shape index (κ2) is 11.3. The van der Waals surface area contributed by atoms with Crippen molar-refractivity contribution < 1.29 is 9.59 Å². The molecule has 4 atom stereocenters. The Morgan fingerprint density at radius 1 is 1.10 bits per heavy atom. The van der Waals surface area contributed by atoms with E-state index in [4.69, 9.17) is 69.6 Å². The molecule has 1 heterocycles. The van der Waals surface area contributed by atoms with Gasteiger partial charge in [-0.15, -0.1) is 11.3 Å². The van der Waals surface area contributed by atoms with Crippen molar-refractivity contribution in [3.63, 3.8) is 0 Å². The number of amides is 2. The van der Waals surface area contributed by atoms with E-state index in [0.29, 0.717) is 0 Å². The summed E-state index contributed by atoms with van der Waals surface area (Å²) in [5.74, 6) is -1.79. The molecule has 0 aliphatic rings. The molecule has 0 bridgehead atoms. The van der Waals surface area contributed by atoms with Crippen LogP contribution < -0.4 is 5.32 Å². The molecule has 0 aromatic carbocycles. The van der Waals surface area contributed by atoms with Gasteiger partial charge >= 0.3 is 0 Å². The molecule has 0 unspecified atom stereocenters. The first kappa shape index (κ1) is 27.3. The van der Waals surface area contributed by atoms with Crippen LogP contribution in [0.4, 0.5) is 0 Å². The SMILES string of the molecule is C[C@H](NC(=O)[C@@H](C[C@@H](C)C(Cl)(Cl)Cl)N(C)C(=O)C[C@H](C)C(Cl)(Cl)Cl)c1nccs1. The third-order valence-electron chi connectivity index (χ3n) is 4.52. The van der Waals surface area contributed by atoms with E-state index in [0.717, 1.165) is 5.01 Å². The first-order valence-corrected chi connectivity index (χ1v) is 11.9. The van der Waals surface area contributed by atoms with Gasteiger partial charge in [-0.3, -0.25) is 9.59 Å². The Kier molecular flexibility index (Phi) is 10.6. The Hall–Kier alpha value is 0.310. The van der Waals surface area contributed by atoms with Crippen molar-refractivity contribution in [1.29, 1.82) is 0 Å². The Bertz CT molecular complexity index is 678. The van der Waals surface area contributed by atoms with Crippen LogP contribution in [0.15, 0.2) is 11.6 Å². The standard InChI is InChI=1S/C17H23Cl6N3O2S/c1-9(16(18,19)20)7-12(14(28)25-11(3)15-24-5-6-29-15)26(4)13(27)8-10(2)17(21,22)23/h5-6,9-12H,7-8H2,1-4H3,(H,25,28)/t9-,10+,11+,12-/m1/s1. The van der Waals surface area contributed by atoms with E-state index in [1.807, 2.05) is 5.38 Å². The molecule has 0 radical (unpaired) electrons. The van der Waals surface area contributed by atoms with Crippen molar-refractivity contribution in [2.75, 3.05) is 7.05 Å². The van der Waals surface area contributed by atoms with Crippen molar-refractivity contribution in [2.45, 2.75) is 53.3 Å². The van der Waals surface area contributed by atoms with Gasteiger partial charge in [-0.25, -0.2) is 4.98 Å². The van der Waals surface area contributed by atoms with Crippen LogP contribution in [0.2, 0.25) is 0 Å². The fourth-order valence-electron chi connectivity index (χ4n) is 2.42. The number of carbonyl (C=O) groups excluding carboxylic acids is 2. The number of aromatic nitrogens is 1. The van der Waals surface area contributed by atoms with E-state index in [1.54, 1.807) is 27.0 Å². The highest BCUT2D eigenvalue weighted by molar-refractivity contribution is 7.09. The van der Waals surface area contributed by atoms with Crippen LogP contribution >= 0.6 is 80.9 Å². The topological polar surface area (TPSA) is 62.3 Å². The molecular weight excluding hydrogens is 523 g/mol. The average molecular weight is 546 g/mol. The second-order valence-corrected chi connectivity index (χ2v) is 12.6. The quantitative estimate of drug-likeness (QED) is 0.411. The van der Waals surface area contributed by atoms with Crippen LogP contribution in [0.25, 0.3) is 0 Å². The number of nitrogens with one attached hydrogen (secondary N) is 1. The first-order chi connectivity index (χ1) is 13.1. The summed E-state index contributed by atoms with van der Waals surface area (Å²) in [5, 5.41) is 5.42. The summed E-state index contributed by atoms with van der Waals surface area (Å²) in [6.45, 7) is 5.14. The minimum Gasteiger partial charge on any atom is -0.345 e. The van der Waals surface area contributed by atoms with E-state index in [9.17, 15) is 9.59 Å². The average Bonchev–Trinajstić information content (AvgIpc) is 3.11. The monoisotopic (exact) mass is 543 g/mol. The zero-order chi connectivity index (χ0) is 22.6. The summed E-state index contributed by atoms with van der Waals surface area (Å²) in [5.41, 5.74) is 0. The van der Waals surface area contributed by atoms with Gasteiger partial charge < -0.3 is 10.2 Å². The van der Waals surface area contributed by atoms with Crippen molar-refractivity contribution >= 4 is 92.8 Å². The molecule has 0 fully saturated rings. The van der Waals surface area contributed by atoms with Gasteiger partial charge in [0.2, 0.25) is 11.8 Å². The lowest BCUT2D eigenvalue weighted by molar-refractivity contribution is -0.140. The number of hydrogen-bond donors (Lipinski definition) is 1. The van der Waals surface area contributed by atoms with Gasteiger partial charge in [0.15, 0.2) is 7.59 Å². The Morgan fingerprint density at radius 2 is 1.66 bits per heavy atom. The van der Waals surface area contributed by atoms with E-state index in [-0.39, 0.29) is 30.7 Å². The lowest BCUT2D eigenvalue weighted by Gasteiger charge is -2.33. The fraction of sp³-hybridized carbons (Fsp3) is 0.706. The van der Waals surface area contributed by atoms with E-state index >= 15 is 0 Å². The van der Waals surface area contributed by atoms with Crippen molar-refractivity contribution in [3.05, 3.63) is 16.6 Å². The number of rotatable bonds is 8. The lowest BCUT2D eigenvalue weighted by atomic mass is 9.99. The van der Waals surface area contributed by atoms with E-state index in [2.05, 4.69) is 10.3 Å². The van der Waals surface area contributed by atoms with Gasteiger partial charge in [0.1, 0.15) is 11.0 Å². The van der Waals surface area contributed by atoms with Gasteiger partial charge in [-0.2, -0.15) is 0 Å². The molecule has 1 rings (SSSR count). The number of carbonyl (C=O) groups is 2. The van der Waals surface area contributed by atoms with Crippen molar-refractivity contribution in [1.82, 2.24) is 15.2 Å². The molecule has 166 valence electrons. The van der Waals surface area contributed by atoms with Gasteiger partial charge in [0, 0.05) is 36.9 Å². The summed E-state index contributed by atoms with van der Waals surface area (Å²) in [6, 6.07) is -1.21. The third kappa shape index (κ3) is 8.76. The first-order valence-electron chi connectivity index (χ1n) is 8.73. The second-order valence-electron chi connectivity index (χ2n) is 6.95. The van der Waals surface area contributed by atoms with E-state index in [1.165, 1.54) is 23.3 Å². The molecular formula is C17H23Cl6N3O2S. The number of halogens is 6. The van der Waals surface area contributed by atoms with Gasteiger partial charge in [-0.1, -0.05) is 83.5 Å². The van der Waals surface area contributed by atoms with Crippen molar-refractivity contribution in [2.24, 2.45) is 11.8 Å². The number of thiazole rings is 1. The molecule has 2 amide bonds. The van der Waals surface area contributed by atoms with Crippen LogP contribution in [0.1, 0.15) is 44.7 Å². The summed E-state index contributed by atoms with van der Waals surface area (Å²) < 4.78 is -3.19. The molecule has 5 nitrogen and oxygen atoms in total. The Balaban J connectivity index is 2.99. The highest BCUT2D eigenvalue weighted by atomic mass is 35.6. The molecule has 1 N–H and O–H groups in total. The molecule has 0 aliphatic heterocycles. The Labute approximate surface area is 205 Å². The lowest BCUT2D eigenvalue weighted by Crippen LogP contribution is -2.50. The molecule has 1 aromatic rings. The van der Waals surface area contributed by atoms with Crippen LogP contribution in [-0.2, 0) is 9.59 Å². The highest BCUT2D eigenvalue weighted by Gasteiger charge is 2.38. The summed E-state index contributed by atoms with van der Waals surface area (Å²) in [4.78, 5) is 31.3. The summed E-state index contributed by atoms with van der Waals surface area (Å²) in [6.07, 6.45) is 1.73. The van der Waals surface area contributed by atoms with E-state index < -0.39 is 25.5 Å². The molecule has 0 spiro atoms. The molecule has 0 aliphatic carbocycles. The Morgan fingerprint density at radius 3 is 2.10 bits per heavy atom. The molecule has 29 heavy (non-hydrogen) atoms. The largest absolute Gasteiger partial charge is 0.345 e. The van der Waals surface area contributed by atoms with Gasteiger partial charge in [-0.05, 0) is 13.3 Å². The molecule has 12 heteroatoms. The zero-order valence-corrected chi connectivity index (χ0v) is 21.6. The zero-order valence-electron chi connectivity index (χ0n) is 16.3. The summed E-state index contributed by atoms with van der Waals surface area (Å²) in [7, 11) is 1.51. The minimum absolute atomic E-state index is 0.0546. The predicted octanol–water partition coefficient (Wildman–Crippen LogP) is 5.94. The minimum atomic E-state index is -1.60. The molecule has 0 saturated heterocycles. The number of nitrogens with zero attached hydrogens (tertiary/aromatic N) is 2. The maximum absolute atomic E-state index is 13.0. The smallest absolute Gasteiger partial charge is 0.243 e. The maximum Gasteiger partial charge on any atom is 0.243 e. The van der Waals surface area contributed by atoms with Crippen LogP contribution in [0.5, 0.6) is 0 Å². The highest BCUT2D eigenvalue weighted by Crippen LogP contribution is 2.39. The normalized spacial score (nSPS) is 16.6. The van der Waals surface area contributed by atoms with Gasteiger partial charge in [0.25, 0.3) is 0 Å². The van der Waals surface area contributed by atoms with Crippen LogP contribution in [0.3, 0.4) is 0 Å². The van der Waals surface area contributed by atoms with Crippen LogP contribution in [-0.4, -0.2) is 42.4 Å².